The first-order valence-corrected chi connectivity index (χ1v) is 7.93. The van der Waals surface area contributed by atoms with Gasteiger partial charge in [-0.25, -0.2) is 0 Å². The van der Waals surface area contributed by atoms with Crippen LogP contribution in [-0.4, -0.2) is 43.1 Å². The molecule has 1 amide bonds. The molecule has 1 heterocycles. The monoisotopic (exact) mass is 326 g/mol. The van der Waals surface area contributed by atoms with Crippen molar-refractivity contribution < 1.29 is 9.53 Å². The third kappa shape index (κ3) is 5.95. The van der Waals surface area contributed by atoms with E-state index in [1.54, 1.807) is 0 Å². The van der Waals surface area contributed by atoms with Gasteiger partial charge in [-0.15, -0.1) is 12.4 Å². The van der Waals surface area contributed by atoms with Gasteiger partial charge in [0, 0.05) is 12.6 Å². The minimum atomic E-state index is 0. The Labute approximate surface area is 139 Å². The van der Waals surface area contributed by atoms with E-state index in [2.05, 4.69) is 12.2 Å². The number of hydrogen-bond donors (Lipinski definition) is 1. The molecule has 124 valence electrons. The number of piperidine rings is 1. The van der Waals surface area contributed by atoms with Crippen LogP contribution in [0.25, 0.3) is 0 Å². The molecule has 1 saturated heterocycles. The Kier molecular flexibility index (Phi) is 9.13. The van der Waals surface area contributed by atoms with Crippen molar-refractivity contribution in [1.82, 2.24) is 10.2 Å². The zero-order valence-corrected chi connectivity index (χ0v) is 14.1. The van der Waals surface area contributed by atoms with Crippen molar-refractivity contribution in [2.45, 2.75) is 38.8 Å². The normalized spacial score (nSPS) is 15.1. The number of halogens is 1. The molecule has 5 heteroatoms. The van der Waals surface area contributed by atoms with Crippen molar-refractivity contribution in [3.63, 3.8) is 0 Å². The second-order valence-electron chi connectivity index (χ2n) is 5.55. The molecule has 1 aromatic rings. The highest BCUT2D eigenvalue weighted by Crippen LogP contribution is 2.13. The van der Waals surface area contributed by atoms with Gasteiger partial charge in [0.05, 0.1) is 6.61 Å². The number of rotatable bonds is 7. The number of ether oxygens (including phenoxy) is 1. The summed E-state index contributed by atoms with van der Waals surface area (Å²) in [4.78, 5) is 14.4. The maximum absolute atomic E-state index is 12.4. The number of carbonyl (C=O) groups is 1. The molecule has 0 aromatic heterocycles. The van der Waals surface area contributed by atoms with E-state index >= 15 is 0 Å². The lowest BCUT2D eigenvalue weighted by Crippen LogP contribution is -2.47. The molecule has 0 bridgehead atoms. The molecule has 0 radical (unpaired) electrons. The van der Waals surface area contributed by atoms with E-state index in [1.165, 1.54) is 0 Å². The average molecular weight is 327 g/mol. The van der Waals surface area contributed by atoms with Crippen molar-refractivity contribution in [1.29, 1.82) is 0 Å². The standard InChI is InChI=1S/C17H26N2O2.ClH/c1-2-12-19(16-8-10-18-11-9-16)17(20)14-21-13-15-6-4-3-5-7-15;/h3-7,16,18H,2,8-14H2,1H3;1H. The Morgan fingerprint density at radius 3 is 2.59 bits per heavy atom. The van der Waals surface area contributed by atoms with E-state index in [-0.39, 0.29) is 24.9 Å². The second-order valence-corrected chi connectivity index (χ2v) is 5.55. The van der Waals surface area contributed by atoms with E-state index < -0.39 is 0 Å². The Morgan fingerprint density at radius 2 is 1.95 bits per heavy atom. The lowest BCUT2D eigenvalue weighted by molar-refractivity contribution is -0.139. The third-order valence-electron chi connectivity index (χ3n) is 3.87. The molecule has 0 atom stereocenters. The Hall–Kier alpha value is -1.10. The van der Waals surface area contributed by atoms with Crippen LogP contribution >= 0.6 is 12.4 Å². The van der Waals surface area contributed by atoms with Crippen molar-refractivity contribution in [3.8, 4) is 0 Å². The fourth-order valence-corrected chi connectivity index (χ4v) is 2.78. The summed E-state index contributed by atoms with van der Waals surface area (Å²) in [6.07, 6.45) is 3.09. The number of nitrogens with one attached hydrogen (secondary N) is 1. The highest BCUT2D eigenvalue weighted by molar-refractivity contribution is 5.85. The lowest BCUT2D eigenvalue weighted by Gasteiger charge is -2.34. The van der Waals surface area contributed by atoms with E-state index in [9.17, 15) is 4.79 Å². The summed E-state index contributed by atoms with van der Waals surface area (Å²) in [6, 6.07) is 10.4. The molecule has 1 fully saturated rings. The molecule has 0 aliphatic carbocycles. The number of amides is 1. The highest BCUT2D eigenvalue weighted by Gasteiger charge is 2.24. The van der Waals surface area contributed by atoms with Gasteiger partial charge in [0.2, 0.25) is 5.91 Å². The van der Waals surface area contributed by atoms with Gasteiger partial charge in [-0.05, 0) is 37.9 Å². The van der Waals surface area contributed by atoms with Gasteiger partial charge in [-0.1, -0.05) is 37.3 Å². The second kappa shape index (κ2) is 10.6. The minimum absolute atomic E-state index is 0. The molecule has 0 saturated carbocycles. The molecule has 22 heavy (non-hydrogen) atoms. The SMILES string of the molecule is CCCN(C(=O)COCc1ccccc1)C1CCNCC1.Cl. The van der Waals surface area contributed by atoms with Gasteiger partial charge in [-0.2, -0.15) is 0 Å². The maximum Gasteiger partial charge on any atom is 0.248 e. The first-order valence-electron chi connectivity index (χ1n) is 7.93. The number of nitrogens with zero attached hydrogens (tertiary/aromatic N) is 1. The van der Waals surface area contributed by atoms with Crippen molar-refractivity contribution in [2.75, 3.05) is 26.2 Å². The largest absolute Gasteiger partial charge is 0.367 e. The van der Waals surface area contributed by atoms with Gasteiger partial charge in [0.25, 0.3) is 0 Å². The van der Waals surface area contributed by atoms with Crippen LogP contribution in [0.4, 0.5) is 0 Å². The van der Waals surface area contributed by atoms with Gasteiger partial charge in [-0.3, -0.25) is 4.79 Å². The number of hydrogen-bond acceptors (Lipinski definition) is 3. The topological polar surface area (TPSA) is 41.6 Å². The molecular formula is C17H27ClN2O2. The Bertz CT molecular complexity index is 422. The van der Waals surface area contributed by atoms with E-state index in [0.29, 0.717) is 12.6 Å². The summed E-state index contributed by atoms with van der Waals surface area (Å²) in [5.74, 6) is 0.125. The van der Waals surface area contributed by atoms with Crippen LogP contribution in [-0.2, 0) is 16.1 Å². The average Bonchev–Trinajstić information content (AvgIpc) is 2.54. The lowest BCUT2D eigenvalue weighted by atomic mass is 10.0. The Balaban J connectivity index is 0.00000242. The summed E-state index contributed by atoms with van der Waals surface area (Å²) < 4.78 is 5.59. The van der Waals surface area contributed by atoms with Crippen LogP contribution in [0.15, 0.2) is 30.3 Å². The van der Waals surface area contributed by atoms with E-state index in [4.69, 9.17) is 4.74 Å². The molecule has 1 N–H and O–H groups in total. The van der Waals surface area contributed by atoms with Crippen LogP contribution in [0.1, 0.15) is 31.7 Å². The predicted molar refractivity (Wildman–Crippen MR) is 91.2 cm³/mol. The third-order valence-corrected chi connectivity index (χ3v) is 3.87. The van der Waals surface area contributed by atoms with Crippen molar-refractivity contribution in [3.05, 3.63) is 35.9 Å². The zero-order valence-electron chi connectivity index (χ0n) is 13.3. The highest BCUT2D eigenvalue weighted by atomic mass is 35.5. The number of carbonyl (C=O) groups excluding carboxylic acids is 1. The smallest absolute Gasteiger partial charge is 0.248 e. The van der Waals surface area contributed by atoms with Gasteiger partial charge >= 0.3 is 0 Å². The van der Waals surface area contributed by atoms with Crippen LogP contribution < -0.4 is 5.32 Å². The molecule has 2 rings (SSSR count). The van der Waals surface area contributed by atoms with E-state index in [1.807, 2.05) is 35.2 Å². The first-order chi connectivity index (χ1) is 10.3. The van der Waals surface area contributed by atoms with Gasteiger partial charge < -0.3 is 15.0 Å². The van der Waals surface area contributed by atoms with Crippen LogP contribution in [0.5, 0.6) is 0 Å². The Morgan fingerprint density at radius 1 is 1.27 bits per heavy atom. The summed E-state index contributed by atoms with van der Waals surface area (Å²) in [7, 11) is 0. The molecule has 0 unspecified atom stereocenters. The zero-order chi connectivity index (χ0) is 14.9. The van der Waals surface area contributed by atoms with Gasteiger partial charge in [0.15, 0.2) is 0 Å². The first kappa shape index (κ1) is 18.9. The summed E-state index contributed by atoms with van der Waals surface area (Å²) in [6.45, 7) is 5.63. The molecule has 1 aromatic carbocycles. The molecule has 1 aliphatic rings. The van der Waals surface area contributed by atoms with E-state index in [0.717, 1.165) is 44.5 Å². The molecule has 4 nitrogen and oxygen atoms in total. The quantitative estimate of drug-likeness (QED) is 0.837. The molecule has 0 spiro atoms. The van der Waals surface area contributed by atoms with Gasteiger partial charge in [0.1, 0.15) is 6.61 Å². The predicted octanol–water partition coefficient (Wildman–Crippen LogP) is 2.62. The summed E-state index contributed by atoms with van der Waals surface area (Å²) in [5.41, 5.74) is 1.11. The van der Waals surface area contributed by atoms with Crippen LogP contribution in [0.3, 0.4) is 0 Å². The van der Waals surface area contributed by atoms with Crippen molar-refractivity contribution >= 4 is 18.3 Å². The molecule has 1 aliphatic heterocycles. The van der Waals surface area contributed by atoms with Crippen LogP contribution in [0.2, 0.25) is 0 Å². The summed E-state index contributed by atoms with van der Waals surface area (Å²) in [5, 5.41) is 3.35. The van der Waals surface area contributed by atoms with Crippen molar-refractivity contribution in [2.24, 2.45) is 0 Å². The maximum atomic E-state index is 12.4. The summed E-state index contributed by atoms with van der Waals surface area (Å²) >= 11 is 0. The van der Waals surface area contributed by atoms with Crippen LogP contribution in [0, 0.1) is 0 Å². The fraction of sp³-hybridized carbons (Fsp3) is 0.588. The fourth-order valence-electron chi connectivity index (χ4n) is 2.78. The molecular weight excluding hydrogens is 300 g/mol. The number of benzene rings is 1. The minimum Gasteiger partial charge on any atom is -0.367 e.